The van der Waals surface area contributed by atoms with Crippen LogP contribution < -0.4 is 11.5 Å². The van der Waals surface area contributed by atoms with Gasteiger partial charge in [0.25, 0.3) is 0 Å². The Balaban J connectivity index is 0.000000189. The molecule has 4 N–H and O–H groups in total. The average Bonchev–Trinajstić information content (AvgIpc) is 3.95. The topological polar surface area (TPSA) is 135 Å². The fourth-order valence-electron chi connectivity index (χ4n) is 8.90. The summed E-state index contributed by atoms with van der Waals surface area (Å²) >= 11 is 0. The van der Waals surface area contributed by atoms with E-state index in [0.29, 0.717) is 83.9 Å². The highest BCUT2D eigenvalue weighted by atomic mass is 19.1. The lowest BCUT2D eigenvalue weighted by molar-refractivity contribution is 0.188. The number of hydrogen-bond donors (Lipinski definition) is 2. The molecule has 2 saturated heterocycles. The number of aromatic nitrogens is 2. The molecule has 2 aliphatic rings. The molecule has 330 valence electrons. The van der Waals surface area contributed by atoms with Gasteiger partial charge in [0.15, 0.2) is 23.5 Å². The smallest absolute Gasteiger partial charge is 0.198 e. The van der Waals surface area contributed by atoms with Gasteiger partial charge >= 0.3 is 0 Å². The third-order valence-electron chi connectivity index (χ3n) is 12.5. The number of halogens is 2. The second kappa shape index (κ2) is 20.7. The summed E-state index contributed by atoms with van der Waals surface area (Å²) in [6.07, 6.45) is 8.28. The molecule has 6 aromatic rings. The summed E-state index contributed by atoms with van der Waals surface area (Å²) in [5.41, 5.74) is 18.1. The van der Waals surface area contributed by atoms with Crippen molar-refractivity contribution in [2.24, 2.45) is 21.5 Å². The first-order valence-electron chi connectivity index (χ1n) is 22.3. The van der Waals surface area contributed by atoms with Crippen LogP contribution in [-0.2, 0) is 19.4 Å². The van der Waals surface area contributed by atoms with Crippen LogP contribution in [0.25, 0.3) is 22.3 Å². The summed E-state index contributed by atoms with van der Waals surface area (Å²) in [4.78, 5) is 13.4. The summed E-state index contributed by atoms with van der Waals surface area (Å²) in [5.74, 6) is 2.15. The van der Waals surface area contributed by atoms with Crippen molar-refractivity contribution in [2.45, 2.75) is 123 Å². The van der Waals surface area contributed by atoms with E-state index in [-0.39, 0.29) is 17.6 Å². The number of piperidine rings is 2. The fraction of sp³-hybridized carbons (Fsp3) is 0.373. The zero-order valence-electron chi connectivity index (χ0n) is 37.1. The molecule has 0 saturated carbocycles. The third-order valence-corrected chi connectivity index (χ3v) is 12.5. The lowest BCUT2D eigenvalue weighted by Gasteiger charge is -2.39. The van der Waals surface area contributed by atoms with E-state index in [1.54, 1.807) is 18.2 Å². The highest BCUT2D eigenvalue weighted by Gasteiger charge is 2.28. The predicted molar refractivity (Wildman–Crippen MR) is 247 cm³/mol. The third kappa shape index (κ3) is 11.2. The Kier molecular flexibility index (Phi) is 14.7. The molecule has 5 unspecified atom stereocenters. The van der Waals surface area contributed by atoms with E-state index < -0.39 is 0 Å². The summed E-state index contributed by atoms with van der Waals surface area (Å²) in [7, 11) is 0. The van der Waals surface area contributed by atoms with Crippen LogP contribution in [0.4, 0.5) is 14.6 Å². The maximum absolute atomic E-state index is 14.8. The second-order valence-electron chi connectivity index (χ2n) is 17.1. The molecule has 2 fully saturated rings. The first kappa shape index (κ1) is 44.7. The van der Waals surface area contributed by atoms with E-state index in [1.165, 1.54) is 12.8 Å². The molecular weight excluding hydrogens is 795 g/mol. The van der Waals surface area contributed by atoms with Crippen molar-refractivity contribution >= 4 is 17.7 Å². The van der Waals surface area contributed by atoms with Crippen LogP contribution in [0.5, 0.6) is 0 Å². The highest BCUT2D eigenvalue weighted by molar-refractivity contribution is 5.81. The Bertz CT molecular complexity index is 2450. The van der Waals surface area contributed by atoms with Gasteiger partial charge in [0.1, 0.15) is 23.9 Å². The van der Waals surface area contributed by atoms with Crippen LogP contribution in [0, 0.1) is 11.6 Å². The molecule has 63 heavy (non-hydrogen) atoms. The van der Waals surface area contributed by atoms with Crippen LogP contribution in [0.2, 0.25) is 0 Å². The minimum Gasteiger partial charge on any atom is -0.370 e. The van der Waals surface area contributed by atoms with E-state index in [9.17, 15) is 8.78 Å². The summed E-state index contributed by atoms with van der Waals surface area (Å²) in [5, 5.41) is 8.22. The first-order chi connectivity index (χ1) is 30.4. The quantitative estimate of drug-likeness (QED) is 0.103. The maximum atomic E-state index is 14.8. The number of nitrogens with two attached hydrogens (primary N) is 2. The van der Waals surface area contributed by atoms with Crippen molar-refractivity contribution in [2.75, 3.05) is 0 Å². The van der Waals surface area contributed by atoms with Crippen LogP contribution in [-0.4, -0.2) is 56.2 Å². The number of aryl methyl sites for hydroxylation is 2. The Labute approximate surface area is 370 Å². The average molecular weight is 855 g/mol. The van der Waals surface area contributed by atoms with Gasteiger partial charge in [-0.1, -0.05) is 102 Å². The Morgan fingerprint density at radius 3 is 1.79 bits per heavy atom. The van der Waals surface area contributed by atoms with Crippen molar-refractivity contribution in [1.29, 1.82) is 0 Å². The standard InChI is InChI=1S/C26H31FN4O.C25H29FN4O/c1-18-7-6-8-19(2)31(18)26(28)29-17-23-16-22(30-32-23)13-11-20-12-14-24(25(27)15-20)21-9-4-3-5-10-21;1-16-8-7-9-17(2)30(16)25(27)28-24-15-23(31-29-24)18(3)20-12-13-21(22(26)14-20)19-10-5-4-6-11-19/h3-5,9-10,12,14-16,18-19H,6-8,11,13,17H2,1-2H3,(H2,28,29);4-6,10-18H,7-9H2,1-3H3,(H2,27,28,29). The Morgan fingerprint density at radius 2 is 1.22 bits per heavy atom. The molecule has 0 bridgehead atoms. The van der Waals surface area contributed by atoms with Crippen LogP contribution in [0.3, 0.4) is 0 Å². The number of nitrogens with zero attached hydrogens (tertiary/aromatic N) is 6. The Hall–Kier alpha value is -6.30. The molecule has 5 atom stereocenters. The van der Waals surface area contributed by atoms with Gasteiger partial charge in [0.05, 0.1) is 5.69 Å². The molecule has 8 rings (SSSR count). The van der Waals surface area contributed by atoms with E-state index in [2.05, 4.69) is 57.8 Å². The number of likely N-dealkylation sites (tertiary alicyclic amines) is 2. The minimum absolute atomic E-state index is 0.162. The van der Waals surface area contributed by atoms with Gasteiger partial charge in [-0.3, -0.25) is 0 Å². The summed E-state index contributed by atoms with van der Waals surface area (Å²) in [6.45, 7) is 11.1. The Morgan fingerprint density at radius 1 is 0.667 bits per heavy atom. The lowest BCUT2D eigenvalue weighted by Crippen LogP contribution is -2.50. The van der Waals surface area contributed by atoms with E-state index in [1.807, 2.05) is 97.9 Å². The number of rotatable bonds is 10. The van der Waals surface area contributed by atoms with E-state index in [4.69, 9.17) is 20.5 Å². The predicted octanol–water partition coefficient (Wildman–Crippen LogP) is 11.2. The lowest BCUT2D eigenvalue weighted by atomic mass is 9.95. The largest absolute Gasteiger partial charge is 0.370 e. The van der Waals surface area contributed by atoms with Crippen LogP contribution >= 0.6 is 0 Å². The molecule has 0 aliphatic carbocycles. The number of aliphatic imine (C=N–C) groups is 2. The van der Waals surface area contributed by atoms with Gasteiger partial charge in [-0.2, -0.15) is 4.99 Å². The van der Waals surface area contributed by atoms with Gasteiger partial charge in [-0.15, -0.1) is 0 Å². The number of hydrogen-bond acceptors (Lipinski definition) is 6. The van der Waals surface area contributed by atoms with Crippen molar-refractivity contribution in [3.63, 3.8) is 0 Å². The number of benzene rings is 4. The zero-order valence-corrected chi connectivity index (χ0v) is 37.1. The molecule has 4 heterocycles. The van der Waals surface area contributed by atoms with Gasteiger partial charge < -0.3 is 30.3 Å². The van der Waals surface area contributed by atoms with Crippen molar-refractivity contribution in [3.05, 3.63) is 149 Å². The van der Waals surface area contributed by atoms with Gasteiger partial charge in [0.2, 0.25) is 0 Å². The van der Waals surface area contributed by atoms with Crippen molar-refractivity contribution < 1.29 is 17.8 Å². The highest BCUT2D eigenvalue weighted by Crippen LogP contribution is 2.32. The molecule has 12 heteroatoms. The molecule has 0 spiro atoms. The summed E-state index contributed by atoms with van der Waals surface area (Å²) in [6, 6.07) is 35.0. The monoisotopic (exact) mass is 854 g/mol. The van der Waals surface area contributed by atoms with E-state index in [0.717, 1.165) is 53.6 Å². The number of guanidine groups is 2. The van der Waals surface area contributed by atoms with Gasteiger partial charge in [-0.05, 0) is 113 Å². The summed E-state index contributed by atoms with van der Waals surface area (Å²) < 4.78 is 40.3. The van der Waals surface area contributed by atoms with Crippen molar-refractivity contribution in [3.8, 4) is 22.3 Å². The molecular formula is C51H60F2N8O2. The van der Waals surface area contributed by atoms with Crippen LogP contribution in [0.15, 0.2) is 128 Å². The molecule has 2 aromatic heterocycles. The van der Waals surface area contributed by atoms with Crippen molar-refractivity contribution in [1.82, 2.24) is 20.1 Å². The fourth-order valence-corrected chi connectivity index (χ4v) is 8.90. The van der Waals surface area contributed by atoms with Gasteiger partial charge in [0, 0.05) is 53.3 Å². The molecule has 10 nitrogen and oxygen atoms in total. The SMILES string of the molecule is CC(c1ccc(-c2ccccc2)c(F)c1)c1cc(N=C(N)N2C(C)CCCC2C)no1.CC1CCCC(C)N1C(N)=NCc1cc(CCc2ccc(-c3ccccc3)c(F)c2)no1. The minimum atomic E-state index is -0.259. The molecule has 0 amide bonds. The maximum Gasteiger partial charge on any atom is 0.198 e. The molecule has 4 aromatic carbocycles. The normalized spacial score (nSPS) is 20.0. The van der Waals surface area contributed by atoms with Gasteiger partial charge in [-0.25, -0.2) is 13.8 Å². The molecule has 0 radical (unpaired) electrons. The van der Waals surface area contributed by atoms with Crippen LogP contribution in [0.1, 0.15) is 107 Å². The second-order valence-corrected chi connectivity index (χ2v) is 17.1. The van der Waals surface area contributed by atoms with E-state index >= 15 is 0 Å². The molecule has 2 aliphatic heterocycles. The first-order valence-corrected chi connectivity index (χ1v) is 22.3. The zero-order chi connectivity index (χ0) is 44.5.